The van der Waals surface area contributed by atoms with E-state index in [1.807, 2.05) is 77.7 Å². The summed E-state index contributed by atoms with van der Waals surface area (Å²) in [6, 6.07) is 66.6. The average Bonchev–Trinajstić information content (AvgIpc) is 3.24. The first-order valence-electron chi connectivity index (χ1n) is 18.2. The van der Waals surface area contributed by atoms with Crippen molar-refractivity contribution in [2.75, 3.05) is 9.80 Å². The van der Waals surface area contributed by atoms with E-state index in [1.165, 1.54) is 0 Å². The lowest BCUT2D eigenvalue weighted by molar-refractivity contribution is 0.383. The van der Waals surface area contributed by atoms with Gasteiger partial charge in [-0.15, -0.1) is 0 Å². The molecule has 6 aromatic carbocycles. The number of nitriles is 2. The molecule has 0 saturated carbocycles. The molecule has 0 N–H and O–H groups in total. The highest BCUT2D eigenvalue weighted by molar-refractivity contribution is 5.63. The zero-order valence-electron chi connectivity index (χ0n) is 30.0. The number of aromatic nitrogens is 2. The van der Waals surface area contributed by atoms with Crippen LogP contribution in [0.15, 0.2) is 182 Å². The number of nitrogens with zero attached hydrogens (tertiary/aromatic N) is 6. The third-order valence-corrected chi connectivity index (χ3v) is 9.75. The van der Waals surface area contributed by atoms with E-state index < -0.39 is 5.54 Å². The summed E-state index contributed by atoms with van der Waals surface area (Å²) in [6.07, 6.45) is 1.20. The molecule has 1 heterocycles. The van der Waals surface area contributed by atoms with Gasteiger partial charge in [-0.25, -0.2) is 9.97 Å². The largest absolute Gasteiger partial charge is 0.346 e. The lowest BCUT2D eigenvalue weighted by atomic mass is 9.77. The van der Waals surface area contributed by atoms with Gasteiger partial charge in [0.25, 0.3) is 0 Å². The Kier molecular flexibility index (Phi) is 11.1. The van der Waals surface area contributed by atoms with E-state index in [2.05, 4.69) is 126 Å². The Morgan fingerprint density at radius 3 is 1.15 bits per heavy atom. The van der Waals surface area contributed by atoms with Crippen LogP contribution in [0.25, 0.3) is 0 Å². The number of hydrogen-bond acceptors (Lipinski definition) is 6. The summed E-state index contributed by atoms with van der Waals surface area (Å²) in [7, 11) is 0. The van der Waals surface area contributed by atoms with Crippen LogP contribution in [0.4, 0.5) is 11.6 Å². The molecule has 0 amide bonds. The Bertz CT molecular complexity index is 2240. The minimum Gasteiger partial charge on any atom is -0.346 e. The molecule has 0 bridgehead atoms. The molecule has 0 radical (unpaired) electrons. The van der Waals surface area contributed by atoms with E-state index in [9.17, 15) is 10.5 Å². The first kappa shape index (κ1) is 35.4. The van der Waals surface area contributed by atoms with Crippen molar-refractivity contribution in [2.45, 2.75) is 38.0 Å². The molecule has 0 aliphatic heterocycles. The maximum Gasteiger partial charge on any atom is 0.185 e. The fourth-order valence-electron chi connectivity index (χ4n) is 7.21. The second-order valence-corrected chi connectivity index (χ2v) is 13.4. The fraction of sp³-hybridized carbons (Fsp3) is 0.125. The van der Waals surface area contributed by atoms with Gasteiger partial charge >= 0.3 is 0 Å². The maximum atomic E-state index is 11.0. The highest BCUT2D eigenvalue weighted by Gasteiger charge is 2.42. The van der Waals surface area contributed by atoms with Crippen LogP contribution in [-0.2, 0) is 38.0 Å². The molecule has 7 aromatic rings. The summed E-state index contributed by atoms with van der Waals surface area (Å²) in [4.78, 5) is 14.5. The predicted octanol–water partition coefficient (Wildman–Crippen LogP) is 9.81. The zero-order valence-corrected chi connectivity index (χ0v) is 30.0. The highest BCUT2D eigenvalue weighted by atomic mass is 15.3. The first-order valence-corrected chi connectivity index (χ1v) is 18.2. The lowest BCUT2D eigenvalue weighted by Gasteiger charge is -2.46. The molecule has 0 aliphatic rings. The molecule has 6 heteroatoms. The SMILES string of the molecule is N#Cc1nc(N(Cc2ccccc2)C(Cc2ccccc2)(Cc2ccccc2)c2ccccc2)c(C#N)nc1N(Cc1ccccc1)Cc1ccccc1. The van der Waals surface area contributed by atoms with Crippen LogP contribution in [-0.4, -0.2) is 9.97 Å². The lowest BCUT2D eigenvalue weighted by Crippen LogP contribution is -2.50. The van der Waals surface area contributed by atoms with E-state index in [0.717, 1.165) is 33.4 Å². The number of hydrogen-bond donors (Lipinski definition) is 0. The molecule has 54 heavy (non-hydrogen) atoms. The fourth-order valence-corrected chi connectivity index (χ4v) is 7.21. The third-order valence-electron chi connectivity index (χ3n) is 9.75. The number of anilines is 2. The zero-order chi connectivity index (χ0) is 37.0. The van der Waals surface area contributed by atoms with Gasteiger partial charge in [0.15, 0.2) is 23.0 Å². The molecular weight excluding hydrogens is 661 g/mol. The third kappa shape index (κ3) is 8.20. The van der Waals surface area contributed by atoms with Gasteiger partial charge in [-0.05, 0) is 33.4 Å². The monoisotopic (exact) mass is 700 g/mol. The topological polar surface area (TPSA) is 79.8 Å². The van der Waals surface area contributed by atoms with Crippen molar-refractivity contribution in [1.82, 2.24) is 9.97 Å². The minimum absolute atomic E-state index is 0.160. The molecule has 0 unspecified atom stereocenters. The molecular formula is C48H40N6. The van der Waals surface area contributed by atoms with Crippen molar-refractivity contribution in [3.63, 3.8) is 0 Å². The second kappa shape index (κ2) is 17.0. The molecule has 0 fully saturated rings. The summed E-state index contributed by atoms with van der Waals surface area (Å²) in [5.41, 5.74) is 6.05. The standard InChI is InChI=1S/C48H40N6/c49-33-44-46(53(35-40-23-11-3-12-24-40)36-41-25-13-4-14-26-41)51-45(34-50)47(52-44)54(37-42-27-15-5-16-28-42)48(43-29-17-6-18-30-43,31-38-19-7-1-8-20-38)32-39-21-9-2-10-22-39/h1-30H,31-32,35-37H2. The van der Waals surface area contributed by atoms with Gasteiger partial charge in [0.2, 0.25) is 0 Å². The summed E-state index contributed by atoms with van der Waals surface area (Å²) in [5, 5.41) is 21.9. The van der Waals surface area contributed by atoms with E-state index in [1.54, 1.807) is 0 Å². The number of rotatable bonds is 14. The maximum absolute atomic E-state index is 11.0. The van der Waals surface area contributed by atoms with Crippen LogP contribution in [0.5, 0.6) is 0 Å². The Morgan fingerprint density at radius 1 is 0.407 bits per heavy atom. The molecule has 0 aliphatic carbocycles. The van der Waals surface area contributed by atoms with E-state index in [0.29, 0.717) is 44.1 Å². The Balaban J connectivity index is 1.47. The molecule has 0 saturated heterocycles. The smallest absolute Gasteiger partial charge is 0.185 e. The second-order valence-electron chi connectivity index (χ2n) is 13.4. The van der Waals surface area contributed by atoms with Gasteiger partial charge < -0.3 is 9.80 Å². The summed E-state index contributed by atoms with van der Waals surface area (Å²) < 4.78 is 0. The van der Waals surface area contributed by atoms with Gasteiger partial charge in [-0.3, -0.25) is 0 Å². The quantitative estimate of drug-likeness (QED) is 0.112. The number of benzene rings is 6. The van der Waals surface area contributed by atoms with Crippen molar-refractivity contribution >= 4 is 11.6 Å². The predicted molar refractivity (Wildman–Crippen MR) is 215 cm³/mol. The molecule has 262 valence electrons. The van der Waals surface area contributed by atoms with Gasteiger partial charge in [-0.2, -0.15) is 10.5 Å². The highest BCUT2D eigenvalue weighted by Crippen LogP contribution is 2.42. The summed E-state index contributed by atoms with van der Waals surface area (Å²) >= 11 is 0. The van der Waals surface area contributed by atoms with Crippen molar-refractivity contribution in [1.29, 1.82) is 10.5 Å². The Hall–Kier alpha value is -7.02. The van der Waals surface area contributed by atoms with Crippen LogP contribution in [0, 0.1) is 22.7 Å². The van der Waals surface area contributed by atoms with Gasteiger partial charge in [-0.1, -0.05) is 182 Å². The van der Waals surface area contributed by atoms with Crippen LogP contribution in [0.2, 0.25) is 0 Å². The minimum atomic E-state index is -0.762. The summed E-state index contributed by atoms with van der Waals surface area (Å²) in [6.45, 7) is 1.38. The van der Waals surface area contributed by atoms with Crippen molar-refractivity contribution in [2.24, 2.45) is 0 Å². The van der Waals surface area contributed by atoms with Crippen LogP contribution in [0.3, 0.4) is 0 Å². The van der Waals surface area contributed by atoms with Crippen LogP contribution >= 0.6 is 0 Å². The van der Waals surface area contributed by atoms with Gasteiger partial charge in [0.05, 0.1) is 5.54 Å². The summed E-state index contributed by atoms with van der Waals surface area (Å²) in [5.74, 6) is 0.748. The molecule has 0 spiro atoms. The molecule has 7 rings (SSSR count). The first-order chi connectivity index (χ1) is 26.6. The van der Waals surface area contributed by atoms with E-state index in [-0.39, 0.29) is 11.4 Å². The Morgan fingerprint density at radius 2 is 0.741 bits per heavy atom. The molecule has 1 aromatic heterocycles. The average molecular weight is 701 g/mol. The van der Waals surface area contributed by atoms with Gasteiger partial charge in [0.1, 0.15) is 12.1 Å². The van der Waals surface area contributed by atoms with Crippen LogP contribution in [0.1, 0.15) is 44.8 Å². The van der Waals surface area contributed by atoms with E-state index >= 15 is 0 Å². The Labute approximate surface area is 317 Å². The van der Waals surface area contributed by atoms with Crippen LogP contribution < -0.4 is 9.80 Å². The van der Waals surface area contributed by atoms with Crippen molar-refractivity contribution in [3.05, 3.63) is 227 Å². The van der Waals surface area contributed by atoms with E-state index in [4.69, 9.17) is 9.97 Å². The normalized spacial score (nSPS) is 10.9. The van der Waals surface area contributed by atoms with Crippen molar-refractivity contribution in [3.8, 4) is 12.1 Å². The van der Waals surface area contributed by atoms with Gasteiger partial charge in [0, 0.05) is 32.5 Å². The van der Waals surface area contributed by atoms with Crippen molar-refractivity contribution < 1.29 is 0 Å². The molecule has 0 atom stereocenters. The molecule has 6 nitrogen and oxygen atoms in total.